The Labute approximate surface area is 89.7 Å². The van der Waals surface area contributed by atoms with Gasteiger partial charge < -0.3 is 4.74 Å². The molecule has 0 amide bonds. The van der Waals surface area contributed by atoms with Crippen LogP contribution in [0.3, 0.4) is 0 Å². The van der Waals surface area contributed by atoms with Crippen molar-refractivity contribution in [3.63, 3.8) is 0 Å². The van der Waals surface area contributed by atoms with Crippen molar-refractivity contribution in [2.24, 2.45) is 5.92 Å². The van der Waals surface area contributed by atoms with Crippen molar-refractivity contribution in [2.75, 3.05) is 5.75 Å². The summed E-state index contributed by atoms with van der Waals surface area (Å²) in [5, 5.41) is 0. The number of hydrogen-bond donors (Lipinski definition) is 1. The number of rotatable bonds is 4. The van der Waals surface area contributed by atoms with Crippen molar-refractivity contribution in [1.29, 1.82) is 0 Å². The molecule has 1 aromatic carbocycles. The van der Waals surface area contributed by atoms with Gasteiger partial charge >= 0.3 is 5.97 Å². The number of benzene rings is 1. The van der Waals surface area contributed by atoms with Crippen LogP contribution in [-0.2, 0) is 16.1 Å². The van der Waals surface area contributed by atoms with Gasteiger partial charge in [0.2, 0.25) is 0 Å². The van der Waals surface area contributed by atoms with Crippen molar-refractivity contribution in [2.45, 2.75) is 13.5 Å². The number of ether oxygens (including phenoxy) is 1. The summed E-state index contributed by atoms with van der Waals surface area (Å²) in [4.78, 5) is 11.3. The number of carbonyl (C=O) groups is 1. The third kappa shape index (κ3) is 3.42. The molecule has 0 saturated carbocycles. The number of hydrogen-bond acceptors (Lipinski definition) is 3. The summed E-state index contributed by atoms with van der Waals surface area (Å²) in [5.41, 5.74) is 1.01. The Bertz CT molecular complexity index is 285. The molecule has 0 aliphatic carbocycles. The minimum atomic E-state index is -0.191. The van der Waals surface area contributed by atoms with E-state index in [4.69, 9.17) is 4.74 Å². The van der Waals surface area contributed by atoms with Crippen LogP contribution in [0.5, 0.6) is 0 Å². The van der Waals surface area contributed by atoms with Gasteiger partial charge in [0.15, 0.2) is 0 Å². The zero-order valence-electron chi connectivity index (χ0n) is 8.14. The highest BCUT2D eigenvalue weighted by Crippen LogP contribution is 2.05. The smallest absolute Gasteiger partial charge is 0.309 e. The standard InChI is InChI=1S/C11H14O2S/c1-9(8-14)11(12)13-7-10-5-3-2-4-6-10/h2-6,9,14H,7-8H2,1H3. The van der Waals surface area contributed by atoms with E-state index in [0.717, 1.165) is 5.56 Å². The lowest BCUT2D eigenvalue weighted by Crippen LogP contribution is -2.15. The molecule has 0 aliphatic heterocycles. The molecule has 0 fully saturated rings. The minimum absolute atomic E-state index is 0.137. The van der Waals surface area contributed by atoms with Crippen LogP contribution in [0.4, 0.5) is 0 Å². The second-order valence-corrected chi connectivity index (χ2v) is 3.54. The molecule has 0 N–H and O–H groups in total. The minimum Gasteiger partial charge on any atom is -0.461 e. The molecule has 14 heavy (non-hydrogen) atoms. The van der Waals surface area contributed by atoms with E-state index in [-0.39, 0.29) is 11.9 Å². The third-order valence-corrected chi connectivity index (χ3v) is 2.45. The molecule has 3 heteroatoms. The molecule has 1 unspecified atom stereocenters. The van der Waals surface area contributed by atoms with Crippen LogP contribution in [-0.4, -0.2) is 11.7 Å². The van der Waals surface area contributed by atoms with Crippen LogP contribution in [0.1, 0.15) is 12.5 Å². The van der Waals surface area contributed by atoms with Crippen molar-refractivity contribution in [3.8, 4) is 0 Å². The molecular weight excluding hydrogens is 196 g/mol. The van der Waals surface area contributed by atoms with Crippen molar-refractivity contribution < 1.29 is 9.53 Å². The summed E-state index contributed by atoms with van der Waals surface area (Å²) < 4.78 is 5.09. The molecule has 76 valence electrons. The van der Waals surface area contributed by atoms with Crippen LogP contribution in [0, 0.1) is 5.92 Å². The van der Waals surface area contributed by atoms with Crippen molar-refractivity contribution in [3.05, 3.63) is 35.9 Å². The predicted octanol–water partition coefficient (Wildman–Crippen LogP) is 2.30. The second kappa shape index (κ2) is 5.70. The van der Waals surface area contributed by atoms with E-state index in [0.29, 0.717) is 12.4 Å². The lowest BCUT2D eigenvalue weighted by molar-refractivity contribution is -0.148. The average molecular weight is 210 g/mol. The van der Waals surface area contributed by atoms with Gasteiger partial charge in [-0.2, -0.15) is 12.6 Å². The van der Waals surface area contributed by atoms with Gasteiger partial charge in [-0.25, -0.2) is 0 Å². The molecule has 0 heterocycles. The Hall–Kier alpha value is -0.960. The van der Waals surface area contributed by atoms with E-state index < -0.39 is 0 Å². The lowest BCUT2D eigenvalue weighted by atomic mass is 10.2. The van der Waals surface area contributed by atoms with Crippen LogP contribution < -0.4 is 0 Å². The Balaban J connectivity index is 2.38. The lowest BCUT2D eigenvalue weighted by Gasteiger charge is -2.08. The molecular formula is C11H14O2S. The summed E-state index contributed by atoms with van der Waals surface area (Å²) in [7, 11) is 0. The van der Waals surface area contributed by atoms with Gasteiger partial charge in [-0.15, -0.1) is 0 Å². The summed E-state index contributed by atoms with van der Waals surface area (Å²) in [6, 6.07) is 9.63. The fraction of sp³-hybridized carbons (Fsp3) is 0.364. The van der Waals surface area contributed by atoms with Crippen LogP contribution in [0.2, 0.25) is 0 Å². The zero-order valence-corrected chi connectivity index (χ0v) is 9.04. The maximum Gasteiger partial charge on any atom is 0.309 e. The van der Waals surface area contributed by atoms with E-state index in [2.05, 4.69) is 12.6 Å². The highest BCUT2D eigenvalue weighted by molar-refractivity contribution is 7.80. The normalized spacial score (nSPS) is 12.1. The van der Waals surface area contributed by atoms with E-state index in [1.165, 1.54) is 0 Å². The third-order valence-electron chi connectivity index (χ3n) is 1.90. The monoisotopic (exact) mass is 210 g/mol. The Morgan fingerprint density at radius 3 is 2.64 bits per heavy atom. The largest absolute Gasteiger partial charge is 0.461 e. The molecule has 1 aromatic rings. The van der Waals surface area contributed by atoms with Gasteiger partial charge in [-0.1, -0.05) is 37.3 Å². The van der Waals surface area contributed by atoms with Crippen LogP contribution >= 0.6 is 12.6 Å². The maximum atomic E-state index is 11.3. The Morgan fingerprint density at radius 1 is 1.43 bits per heavy atom. The van der Waals surface area contributed by atoms with E-state index >= 15 is 0 Å². The molecule has 1 rings (SSSR count). The predicted molar refractivity (Wildman–Crippen MR) is 59.3 cm³/mol. The fourth-order valence-corrected chi connectivity index (χ4v) is 1.09. The molecule has 1 atom stereocenters. The highest BCUT2D eigenvalue weighted by atomic mass is 32.1. The van der Waals surface area contributed by atoms with E-state index in [1.54, 1.807) is 6.92 Å². The zero-order chi connectivity index (χ0) is 10.4. The first-order valence-corrected chi connectivity index (χ1v) is 5.18. The van der Waals surface area contributed by atoms with Gasteiger partial charge in [0, 0.05) is 5.75 Å². The first-order chi connectivity index (χ1) is 6.74. The fourth-order valence-electron chi connectivity index (χ4n) is 0.945. The molecule has 0 radical (unpaired) electrons. The summed E-state index contributed by atoms with van der Waals surface area (Å²) in [6.07, 6.45) is 0. The quantitative estimate of drug-likeness (QED) is 0.609. The van der Waals surface area contributed by atoms with E-state index in [1.807, 2.05) is 30.3 Å². The topological polar surface area (TPSA) is 26.3 Å². The molecule has 2 nitrogen and oxygen atoms in total. The molecule has 0 saturated heterocycles. The molecule has 0 bridgehead atoms. The Kier molecular flexibility index (Phi) is 4.53. The maximum absolute atomic E-state index is 11.3. The van der Waals surface area contributed by atoms with Crippen LogP contribution in [0.15, 0.2) is 30.3 Å². The van der Waals surface area contributed by atoms with Gasteiger partial charge in [0.25, 0.3) is 0 Å². The Morgan fingerprint density at radius 2 is 2.07 bits per heavy atom. The second-order valence-electron chi connectivity index (χ2n) is 3.18. The number of carbonyl (C=O) groups excluding carboxylic acids is 1. The first kappa shape index (κ1) is 11.1. The van der Waals surface area contributed by atoms with Crippen molar-refractivity contribution >= 4 is 18.6 Å². The molecule has 0 aliphatic rings. The SMILES string of the molecule is CC(CS)C(=O)OCc1ccccc1. The number of thiol groups is 1. The van der Waals surface area contributed by atoms with Crippen molar-refractivity contribution in [1.82, 2.24) is 0 Å². The van der Waals surface area contributed by atoms with Crippen LogP contribution in [0.25, 0.3) is 0 Å². The number of esters is 1. The van der Waals surface area contributed by atoms with Gasteiger partial charge in [-0.05, 0) is 5.56 Å². The first-order valence-electron chi connectivity index (χ1n) is 4.55. The van der Waals surface area contributed by atoms with E-state index in [9.17, 15) is 4.79 Å². The van der Waals surface area contributed by atoms with Gasteiger partial charge in [0.05, 0.1) is 5.92 Å². The average Bonchev–Trinajstić information content (AvgIpc) is 2.26. The highest BCUT2D eigenvalue weighted by Gasteiger charge is 2.11. The summed E-state index contributed by atoms with van der Waals surface area (Å²) in [5.74, 6) is 0.194. The molecule has 0 spiro atoms. The molecule has 0 aromatic heterocycles. The van der Waals surface area contributed by atoms with Gasteiger partial charge in [-0.3, -0.25) is 4.79 Å². The summed E-state index contributed by atoms with van der Waals surface area (Å²) in [6.45, 7) is 2.15. The summed E-state index contributed by atoms with van der Waals surface area (Å²) >= 11 is 4.03. The van der Waals surface area contributed by atoms with Gasteiger partial charge in [0.1, 0.15) is 6.61 Å².